The molecule has 0 bridgehead atoms. The summed E-state index contributed by atoms with van der Waals surface area (Å²) in [5.74, 6) is 0.829. The van der Waals surface area contributed by atoms with Gasteiger partial charge in [-0.2, -0.15) is 0 Å². The fraction of sp³-hybridized carbons (Fsp3) is 0.867. The molecule has 2 heterocycles. The summed E-state index contributed by atoms with van der Waals surface area (Å²) >= 11 is 0. The normalized spacial score (nSPS) is 35.6. The average molecular weight is 267 g/mol. The zero-order valence-electron chi connectivity index (χ0n) is 12.6. The first-order valence-corrected chi connectivity index (χ1v) is 7.30. The molecule has 1 unspecified atom stereocenters. The Morgan fingerprint density at radius 2 is 1.63 bits per heavy atom. The van der Waals surface area contributed by atoms with Crippen molar-refractivity contribution in [2.24, 2.45) is 23.7 Å². The van der Waals surface area contributed by atoms with Gasteiger partial charge in [0.05, 0.1) is 12.0 Å². The van der Waals surface area contributed by atoms with E-state index >= 15 is 0 Å². The second kappa shape index (κ2) is 5.14. The fourth-order valence-corrected chi connectivity index (χ4v) is 3.31. The molecule has 2 fully saturated rings. The number of likely N-dealkylation sites (tertiary alicyclic amines) is 1. The van der Waals surface area contributed by atoms with Crippen molar-refractivity contribution in [3.05, 3.63) is 0 Å². The van der Waals surface area contributed by atoms with Crippen LogP contribution < -0.4 is 0 Å². The Balaban J connectivity index is 2.08. The maximum atomic E-state index is 12.2. The van der Waals surface area contributed by atoms with Gasteiger partial charge in [-0.25, -0.2) is 0 Å². The summed E-state index contributed by atoms with van der Waals surface area (Å²) in [6.45, 7) is 8.26. The average Bonchev–Trinajstić information content (AvgIpc) is 2.82. The van der Waals surface area contributed by atoms with E-state index in [-0.39, 0.29) is 35.9 Å². The van der Waals surface area contributed by atoms with Gasteiger partial charge in [0.25, 0.3) is 0 Å². The quantitative estimate of drug-likeness (QED) is 0.735. The minimum Gasteiger partial charge on any atom is -0.460 e. The van der Waals surface area contributed by atoms with Crippen LogP contribution in [0.15, 0.2) is 0 Å². The Hall–Kier alpha value is -1.06. The highest BCUT2D eigenvalue weighted by molar-refractivity contribution is 5.82. The lowest BCUT2D eigenvalue weighted by molar-refractivity contribution is -0.148. The van der Waals surface area contributed by atoms with E-state index in [1.165, 1.54) is 0 Å². The summed E-state index contributed by atoms with van der Waals surface area (Å²) < 4.78 is 5.53. The van der Waals surface area contributed by atoms with Gasteiger partial charge in [0, 0.05) is 13.0 Å². The van der Waals surface area contributed by atoms with E-state index in [1.54, 1.807) is 4.90 Å². The van der Waals surface area contributed by atoms with E-state index in [0.29, 0.717) is 11.8 Å². The molecule has 4 heteroatoms. The predicted octanol–water partition coefficient (Wildman–Crippen LogP) is 2.08. The van der Waals surface area contributed by atoms with Gasteiger partial charge in [0.2, 0.25) is 5.91 Å². The maximum Gasteiger partial charge on any atom is 0.309 e. The van der Waals surface area contributed by atoms with Crippen molar-refractivity contribution in [1.82, 2.24) is 4.90 Å². The summed E-state index contributed by atoms with van der Waals surface area (Å²) in [4.78, 5) is 25.9. The van der Waals surface area contributed by atoms with Crippen LogP contribution in [0.2, 0.25) is 0 Å². The van der Waals surface area contributed by atoms with Crippen molar-refractivity contribution in [2.45, 2.75) is 52.7 Å². The third kappa shape index (κ3) is 2.49. The maximum absolute atomic E-state index is 12.2. The van der Waals surface area contributed by atoms with Crippen LogP contribution in [0.3, 0.4) is 0 Å². The van der Waals surface area contributed by atoms with Gasteiger partial charge < -0.3 is 9.64 Å². The molecule has 0 saturated carbocycles. The zero-order valence-corrected chi connectivity index (χ0v) is 12.6. The van der Waals surface area contributed by atoms with E-state index in [9.17, 15) is 9.59 Å². The minimum atomic E-state index is -0.113. The Kier molecular flexibility index (Phi) is 3.88. The van der Waals surface area contributed by atoms with Crippen LogP contribution >= 0.6 is 0 Å². The molecule has 2 saturated heterocycles. The molecule has 0 aromatic heterocycles. The molecule has 2 aliphatic rings. The third-order valence-electron chi connectivity index (χ3n) is 4.75. The van der Waals surface area contributed by atoms with Crippen molar-refractivity contribution in [3.63, 3.8) is 0 Å². The van der Waals surface area contributed by atoms with Crippen LogP contribution in [0.5, 0.6) is 0 Å². The van der Waals surface area contributed by atoms with Crippen LogP contribution in [0.25, 0.3) is 0 Å². The Morgan fingerprint density at radius 1 is 1.05 bits per heavy atom. The number of carbonyl (C=O) groups excluding carboxylic acids is 2. The zero-order chi connectivity index (χ0) is 14.3. The number of nitrogens with zero attached hydrogens (tertiary/aromatic N) is 1. The molecular weight excluding hydrogens is 242 g/mol. The van der Waals surface area contributed by atoms with E-state index in [2.05, 4.69) is 27.7 Å². The number of cyclic esters (lactones) is 1. The van der Waals surface area contributed by atoms with Crippen LogP contribution in [0, 0.1) is 23.7 Å². The fourth-order valence-electron chi connectivity index (χ4n) is 3.31. The van der Waals surface area contributed by atoms with Crippen molar-refractivity contribution in [2.75, 3.05) is 7.05 Å². The van der Waals surface area contributed by atoms with Crippen LogP contribution in [0.4, 0.5) is 0 Å². The molecule has 0 spiro atoms. The number of ether oxygens (including phenoxy) is 1. The SMILES string of the molecule is CC(C)[C@@H]1C[C@@H](C2C[C@@H](C(C)C)C(=O)N2C)OC1=O. The molecule has 0 N–H and O–H groups in total. The molecular formula is C15H25NO3. The Bertz CT molecular complexity index is 378. The standard InChI is InChI=1S/C15H25NO3/c1-8(2)10-6-12(16(5)14(10)17)13-7-11(9(3)4)15(18)19-13/h8-13H,6-7H2,1-5H3/t10-,11-,12?,13-/m0/s1. The van der Waals surface area contributed by atoms with Crippen LogP contribution in [-0.2, 0) is 14.3 Å². The topological polar surface area (TPSA) is 46.6 Å². The molecule has 1 amide bonds. The lowest BCUT2D eigenvalue weighted by Gasteiger charge is -2.24. The molecule has 108 valence electrons. The number of hydrogen-bond donors (Lipinski definition) is 0. The first-order valence-electron chi connectivity index (χ1n) is 7.30. The predicted molar refractivity (Wildman–Crippen MR) is 72.3 cm³/mol. The molecule has 0 aromatic rings. The summed E-state index contributed by atoms with van der Waals surface area (Å²) in [7, 11) is 1.84. The number of esters is 1. The summed E-state index contributed by atoms with van der Waals surface area (Å²) in [5.41, 5.74) is 0. The van der Waals surface area contributed by atoms with Crippen molar-refractivity contribution in [1.29, 1.82) is 0 Å². The molecule has 4 atom stereocenters. The van der Waals surface area contributed by atoms with Gasteiger partial charge in [-0.15, -0.1) is 0 Å². The third-order valence-corrected chi connectivity index (χ3v) is 4.75. The monoisotopic (exact) mass is 267 g/mol. The van der Waals surface area contributed by atoms with E-state index < -0.39 is 0 Å². The Morgan fingerprint density at radius 3 is 2.05 bits per heavy atom. The van der Waals surface area contributed by atoms with Crippen LogP contribution in [-0.4, -0.2) is 36.0 Å². The molecule has 0 aromatic carbocycles. The van der Waals surface area contributed by atoms with Crippen LogP contribution in [0.1, 0.15) is 40.5 Å². The number of carbonyl (C=O) groups is 2. The highest BCUT2D eigenvalue weighted by Crippen LogP contribution is 2.37. The molecule has 0 radical (unpaired) electrons. The number of amides is 1. The molecule has 19 heavy (non-hydrogen) atoms. The van der Waals surface area contributed by atoms with E-state index in [4.69, 9.17) is 4.74 Å². The number of hydrogen-bond acceptors (Lipinski definition) is 3. The summed E-state index contributed by atoms with van der Waals surface area (Å²) in [6.07, 6.45) is 1.46. The Labute approximate surface area is 115 Å². The van der Waals surface area contributed by atoms with Gasteiger partial charge in [-0.05, 0) is 24.7 Å². The van der Waals surface area contributed by atoms with Gasteiger partial charge in [-0.1, -0.05) is 27.7 Å². The lowest BCUT2D eigenvalue weighted by Crippen LogP contribution is -2.38. The van der Waals surface area contributed by atoms with E-state index in [1.807, 2.05) is 7.05 Å². The van der Waals surface area contributed by atoms with Gasteiger partial charge >= 0.3 is 5.97 Å². The summed E-state index contributed by atoms with van der Waals surface area (Å²) in [6, 6.07) is 0.0626. The van der Waals surface area contributed by atoms with Crippen molar-refractivity contribution < 1.29 is 14.3 Å². The highest BCUT2D eigenvalue weighted by Gasteiger charge is 2.48. The smallest absolute Gasteiger partial charge is 0.309 e. The second-order valence-corrected chi connectivity index (χ2v) is 6.66. The largest absolute Gasteiger partial charge is 0.460 e. The first kappa shape index (κ1) is 14.4. The van der Waals surface area contributed by atoms with Gasteiger partial charge in [0.1, 0.15) is 6.10 Å². The first-order chi connectivity index (χ1) is 8.82. The number of rotatable bonds is 3. The van der Waals surface area contributed by atoms with Crippen molar-refractivity contribution >= 4 is 11.9 Å². The van der Waals surface area contributed by atoms with E-state index in [0.717, 1.165) is 12.8 Å². The van der Waals surface area contributed by atoms with Crippen molar-refractivity contribution in [3.8, 4) is 0 Å². The van der Waals surface area contributed by atoms with Gasteiger partial charge in [0.15, 0.2) is 0 Å². The second-order valence-electron chi connectivity index (χ2n) is 6.66. The minimum absolute atomic E-state index is 0.00778. The summed E-state index contributed by atoms with van der Waals surface area (Å²) in [5, 5.41) is 0. The lowest BCUT2D eigenvalue weighted by atomic mass is 9.88. The number of likely N-dealkylation sites (N-methyl/N-ethyl adjacent to an activating group) is 1. The molecule has 2 aliphatic heterocycles. The highest BCUT2D eigenvalue weighted by atomic mass is 16.6. The molecule has 0 aliphatic carbocycles. The van der Waals surface area contributed by atoms with Gasteiger partial charge in [-0.3, -0.25) is 9.59 Å². The molecule has 4 nitrogen and oxygen atoms in total. The molecule has 2 rings (SSSR count).